The Morgan fingerprint density at radius 1 is 1.29 bits per heavy atom. The Balaban J connectivity index is 1.93. The van der Waals surface area contributed by atoms with Gasteiger partial charge < -0.3 is 4.74 Å². The van der Waals surface area contributed by atoms with Crippen LogP contribution >= 0.6 is 22.6 Å². The minimum absolute atomic E-state index is 0.148. The Kier molecular flexibility index (Phi) is 4.27. The van der Waals surface area contributed by atoms with Gasteiger partial charge in [0.05, 0.1) is 12.8 Å². The quantitative estimate of drug-likeness (QED) is 0.799. The molecule has 0 spiro atoms. The molecular formula is C12H11IN2O2. The fourth-order valence-electron chi connectivity index (χ4n) is 1.33. The minimum Gasteiger partial charge on any atom is -0.354 e. The highest BCUT2D eigenvalue weighted by Gasteiger charge is 1.98. The van der Waals surface area contributed by atoms with E-state index in [0.717, 1.165) is 9.13 Å². The third kappa shape index (κ3) is 3.64. The van der Waals surface area contributed by atoms with Crippen LogP contribution in [0.5, 0.6) is 0 Å². The van der Waals surface area contributed by atoms with Crippen molar-refractivity contribution in [3.63, 3.8) is 0 Å². The molecule has 0 aliphatic rings. The van der Waals surface area contributed by atoms with Crippen LogP contribution in [0.3, 0.4) is 0 Å². The van der Waals surface area contributed by atoms with Crippen LogP contribution < -0.4 is 5.56 Å². The van der Waals surface area contributed by atoms with E-state index in [1.54, 1.807) is 6.20 Å². The summed E-state index contributed by atoms with van der Waals surface area (Å²) in [5.74, 6) is 0. The number of hydrogen-bond donors (Lipinski definition) is 0. The first-order chi connectivity index (χ1) is 8.25. The van der Waals surface area contributed by atoms with Gasteiger partial charge >= 0.3 is 0 Å². The Hall–Kier alpha value is -1.21. The van der Waals surface area contributed by atoms with Crippen LogP contribution in [0.25, 0.3) is 0 Å². The minimum atomic E-state index is -0.148. The third-order valence-electron chi connectivity index (χ3n) is 2.16. The molecule has 5 heteroatoms. The summed E-state index contributed by atoms with van der Waals surface area (Å²) in [6.07, 6.45) is 1.63. The maximum absolute atomic E-state index is 11.5. The predicted molar refractivity (Wildman–Crippen MR) is 72.4 cm³/mol. The largest absolute Gasteiger partial charge is 0.354 e. The second kappa shape index (κ2) is 5.92. The molecule has 17 heavy (non-hydrogen) atoms. The Labute approximate surface area is 112 Å². The number of rotatable bonds is 4. The first-order valence-electron chi connectivity index (χ1n) is 5.10. The molecule has 2 aromatic rings. The first-order valence-corrected chi connectivity index (χ1v) is 6.18. The standard InChI is InChI=1S/C12H11IN2O2/c13-11-6-12(16)15(14-7-11)9-17-8-10-4-2-1-3-5-10/h1-7H,8-9H2. The van der Waals surface area contributed by atoms with Gasteiger partial charge in [0, 0.05) is 9.64 Å². The number of hydrogen-bond acceptors (Lipinski definition) is 3. The summed E-state index contributed by atoms with van der Waals surface area (Å²) in [4.78, 5) is 11.5. The Bertz CT molecular complexity index is 540. The molecule has 0 saturated carbocycles. The smallest absolute Gasteiger partial charge is 0.269 e. The highest BCUT2D eigenvalue weighted by Crippen LogP contribution is 2.01. The Morgan fingerprint density at radius 2 is 2.06 bits per heavy atom. The SMILES string of the molecule is O=c1cc(I)cnn1COCc1ccccc1. The topological polar surface area (TPSA) is 44.1 Å². The molecule has 0 aliphatic carbocycles. The molecule has 0 bridgehead atoms. The highest BCUT2D eigenvalue weighted by atomic mass is 127. The molecule has 0 atom stereocenters. The fraction of sp³-hybridized carbons (Fsp3) is 0.167. The molecule has 0 aliphatic heterocycles. The van der Waals surface area contributed by atoms with Crippen molar-refractivity contribution in [2.75, 3.05) is 0 Å². The van der Waals surface area contributed by atoms with Gasteiger partial charge in [0.25, 0.3) is 5.56 Å². The fourth-order valence-corrected chi connectivity index (χ4v) is 1.72. The van der Waals surface area contributed by atoms with E-state index in [1.165, 1.54) is 10.7 Å². The lowest BCUT2D eigenvalue weighted by molar-refractivity contribution is 0.0527. The molecule has 0 fully saturated rings. The summed E-state index contributed by atoms with van der Waals surface area (Å²) in [6.45, 7) is 0.644. The Morgan fingerprint density at radius 3 is 2.76 bits per heavy atom. The van der Waals surface area contributed by atoms with Crippen molar-refractivity contribution in [3.05, 3.63) is 62.1 Å². The number of nitrogens with zero attached hydrogens (tertiary/aromatic N) is 2. The lowest BCUT2D eigenvalue weighted by Crippen LogP contribution is -2.23. The molecular weight excluding hydrogens is 331 g/mol. The molecule has 0 amide bonds. The number of aromatic nitrogens is 2. The normalized spacial score (nSPS) is 10.4. The zero-order valence-corrected chi connectivity index (χ0v) is 11.2. The van der Waals surface area contributed by atoms with E-state index in [9.17, 15) is 4.79 Å². The van der Waals surface area contributed by atoms with Crippen molar-refractivity contribution in [1.82, 2.24) is 9.78 Å². The number of halogens is 1. The lowest BCUT2D eigenvalue weighted by Gasteiger charge is -2.05. The van der Waals surface area contributed by atoms with Gasteiger partial charge in [-0.05, 0) is 28.2 Å². The van der Waals surface area contributed by atoms with Gasteiger partial charge in [-0.3, -0.25) is 4.79 Å². The van der Waals surface area contributed by atoms with E-state index >= 15 is 0 Å². The van der Waals surface area contributed by atoms with Gasteiger partial charge in [-0.25, -0.2) is 4.68 Å². The zero-order chi connectivity index (χ0) is 12.1. The summed E-state index contributed by atoms with van der Waals surface area (Å²) in [5, 5.41) is 3.98. The molecule has 0 radical (unpaired) electrons. The van der Waals surface area contributed by atoms with E-state index in [1.807, 2.05) is 30.3 Å². The van der Waals surface area contributed by atoms with E-state index in [-0.39, 0.29) is 12.3 Å². The summed E-state index contributed by atoms with van der Waals surface area (Å²) < 4.78 is 7.55. The maximum Gasteiger partial charge on any atom is 0.269 e. The van der Waals surface area contributed by atoms with Gasteiger partial charge in [0.1, 0.15) is 6.73 Å². The number of ether oxygens (including phenoxy) is 1. The van der Waals surface area contributed by atoms with Crippen molar-refractivity contribution in [3.8, 4) is 0 Å². The second-order valence-corrected chi connectivity index (χ2v) is 4.72. The van der Waals surface area contributed by atoms with Gasteiger partial charge in [-0.1, -0.05) is 30.3 Å². The first kappa shape index (κ1) is 12.3. The summed E-state index contributed by atoms with van der Waals surface area (Å²) >= 11 is 2.05. The highest BCUT2D eigenvalue weighted by molar-refractivity contribution is 14.1. The van der Waals surface area contributed by atoms with Crippen LogP contribution in [0, 0.1) is 3.57 Å². The summed E-state index contributed by atoms with van der Waals surface area (Å²) in [5.41, 5.74) is 0.927. The van der Waals surface area contributed by atoms with E-state index in [0.29, 0.717) is 6.61 Å². The summed E-state index contributed by atoms with van der Waals surface area (Å²) in [6, 6.07) is 11.3. The molecule has 0 N–H and O–H groups in total. The monoisotopic (exact) mass is 342 g/mol. The lowest BCUT2D eigenvalue weighted by atomic mass is 10.2. The van der Waals surface area contributed by atoms with Crippen molar-refractivity contribution in [1.29, 1.82) is 0 Å². The van der Waals surface area contributed by atoms with Crippen molar-refractivity contribution in [2.45, 2.75) is 13.3 Å². The molecule has 1 aromatic carbocycles. The second-order valence-electron chi connectivity index (χ2n) is 3.47. The molecule has 1 heterocycles. The molecule has 0 unspecified atom stereocenters. The molecule has 88 valence electrons. The van der Waals surface area contributed by atoms with Gasteiger partial charge in [-0.15, -0.1) is 0 Å². The van der Waals surface area contributed by atoms with Crippen LogP contribution in [-0.4, -0.2) is 9.78 Å². The van der Waals surface area contributed by atoms with Crippen LogP contribution in [0.15, 0.2) is 47.4 Å². The predicted octanol–water partition coefficient (Wildman–Crippen LogP) is 2.02. The van der Waals surface area contributed by atoms with Crippen LogP contribution in [0.1, 0.15) is 5.56 Å². The molecule has 2 rings (SSSR count). The molecule has 1 aromatic heterocycles. The van der Waals surface area contributed by atoms with Crippen LogP contribution in [0.4, 0.5) is 0 Å². The van der Waals surface area contributed by atoms with Gasteiger partial charge in [0.15, 0.2) is 0 Å². The van der Waals surface area contributed by atoms with Crippen molar-refractivity contribution < 1.29 is 4.74 Å². The van der Waals surface area contributed by atoms with Crippen LogP contribution in [-0.2, 0) is 18.1 Å². The molecule has 0 saturated heterocycles. The van der Waals surface area contributed by atoms with E-state index in [2.05, 4.69) is 27.7 Å². The summed E-state index contributed by atoms with van der Waals surface area (Å²) in [7, 11) is 0. The number of benzene rings is 1. The van der Waals surface area contributed by atoms with E-state index in [4.69, 9.17) is 4.74 Å². The van der Waals surface area contributed by atoms with Crippen molar-refractivity contribution >= 4 is 22.6 Å². The van der Waals surface area contributed by atoms with Crippen molar-refractivity contribution in [2.24, 2.45) is 0 Å². The van der Waals surface area contributed by atoms with Gasteiger partial charge in [0.2, 0.25) is 0 Å². The molecule has 4 nitrogen and oxygen atoms in total. The third-order valence-corrected chi connectivity index (χ3v) is 2.75. The average Bonchev–Trinajstić information content (AvgIpc) is 2.33. The average molecular weight is 342 g/mol. The zero-order valence-electron chi connectivity index (χ0n) is 9.04. The van der Waals surface area contributed by atoms with E-state index < -0.39 is 0 Å². The van der Waals surface area contributed by atoms with Crippen LogP contribution in [0.2, 0.25) is 0 Å². The maximum atomic E-state index is 11.5. The van der Waals surface area contributed by atoms with Gasteiger partial charge in [-0.2, -0.15) is 5.10 Å².